The molecular formula is C17H19NO2. The number of benzene rings is 1. The maximum Gasteiger partial charge on any atom is 0.120 e. The molecule has 0 radical (unpaired) electrons. The Morgan fingerprint density at radius 2 is 2.05 bits per heavy atom. The monoisotopic (exact) mass is 269 g/mol. The van der Waals surface area contributed by atoms with Gasteiger partial charge in [-0.25, -0.2) is 0 Å². The van der Waals surface area contributed by atoms with Crippen LogP contribution in [0.4, 0.5) is 0 Å². The zero-order chi connectivity index (χ0) is 13.5. The first-order chi connectivity index (χ1) is 9.84. The maximum absolute atomic E-state index is 10.6. The molecule has 1 saturated heterocycles. The van der Waals surface area contributed by atoms with Gasteiger partial charge in [0.1, 0.15) is 5.76 Å². The molecule has 0 saturated carbocycles. The van der Waals surface area contributed by atoms with Crippen molar-refractivity contribution < 1.29 is 9.52 Å². The summed E-state index contributed by atoms with van der Waals surface area (Å²) in [6, 6.07) is 12.8. The van der Waals surface area contributed by atoms with Crippen LogP contribution >= 0.6 is 0 Å². The largest absolute Gasteiger partial charge is 0.468 e. The fraction of sp³-hybridized carbons (Fsp3) is 0.412. The Morgan fingerprint density at radius 1 is 1.15 bits per heavy atom. The molecule has 0 amide bonds. The second kappa shape index (κ2) is 4.76. The molecule has 104 valence electrons. The van der Waals surface area contributed by atoms with Gasteiger partial charge in [0, 0.05) is 6.04 Å². The number of likely N-dealkylation sites (tertiary alicyclic amines) is 1. The Morgan fingerprint density at radius 3 is 2.85 bits per heavy atom. The van der Waals surface area contributed by atoms with Crippen LogP contribution in [0.1, 0.15) is 41.9 Å². The van der Waals surface area contributed by atoms with E-state index in [1.165, 1.54) is 12.0 Å². The van der Waals surface area contributed by atoms with Crippen LogP contribution in [0.25, 0.3) is 0 Å². The smallest absolute Gasteiger partial charge is 0.120 e. The van der Waals surface area contributed by atoms with Gasteiger partial charge in [0.05, 0.1) is 18.4 Å². The number of aliphatic hydroxyl groups is 1. The lowest BCUT2D eigenvalue weighted by atomic mass is 10.1. The van der Waals surface area contributed by atoms with E-state index in [2.05, 4.69) is 29.2 Å². The van der Waals surface area contributed by atoms with Gasteiger partial charge in [0.25, 0.3) is 0 Å². The lowest BCUT2D eigenvalue weighted by Gasteiger charge is -2.31. The summed E-state index contributed by atoms with van der Waals surface area (Å²) in [4.78, 5) is 2.43. The molecule has 3 heteroatoms. The standard InChI is InChI=1S/C17H19NO2/c19-17-13-6-2-1-5-12(13)11-15(17)18-9-3-7-14(18)16-8-4-10-20-16/h1-2,4-6,8,10,14-15,17,19H,3,7,9,11H2. The van der Waals surface area contributed by atoms with Crippen LogP contribution in [0.5, 0.6) is 0 Å². The Balaban J connectivity index is 1.62. The van der Waals surface area contributed by atoms with E-state index >= 15 is 0 Å². The molecule has 4 rings (SSSR count). The topological polar surface area (TPSA) is 36.6 Å². The molecule has 2 aliphatic rings. The second-order valence-electron chi connectivity index (χ2n) is 5.83. The summed E-state index contributed by atoms with van der Waals surface area (Å²) < 4.78 is 5.60. The van der Waals surface area contributed by atoms with Gasteiger partial charge in [-0.2, -0.15) is 0 Å². The zero-order valence-corrected chi connectivity index (χ0v) is 11.4. The minimum atomic E-state index is -0.373. The minimum absolute atomic E-state index is 0.185. The molecule has 3 unspecified atom stereocenters. The van der Waals surface area contributed by atoms with Crippen molar-refractivity contribution >= 4 is 0 Å². The Hall–Kier alpha value is -1.58. The highest BCUT2D eigenvalue weighted by Gasteiger charge is 2.41. The molecule has 0 spiro atoms. The fourth-order valence-electron chi connectivity index (χ4n) is 3.82. The third-order valence-corrected chi connectivity index (χ3v) is 4.76. The molecule has 1 aliphatic heterocycles. The van der Waals surface area contributed by atoms with Gasteiger partial charge in [-0.15, -0.1) is 0 Å². The Bertz CT molecular complexity index is 593. The van der Waals surface area contributed by atoms with Gasteiger partial charge in [-0.05, 0) is 49.1 Å². The third kappa shape index (κ3) is 1.81. The molecule has 3 nitrogen and oxygen atoms in total. The first-order valence-corrected chi connectivity index (χ1v) is 7.39. The molecule has 2 aromatic rings. The molecule has 1 fully saturated rings. The highest BCUT2D eigenvalue weighted by molar-refractivity contribution is 5.36. The van der Waals surface area contributed by atoms with E-state index in [1.807, 2.05) is 12.1 Å². The van der Waals surface area contributed by atoms with Crippen LogP contribution < -0.4 is 0 Å². The molecule has 2 heterocycles. The van der Waals surface area contributed by atoms with Gasteiger partial charge in [-0.1, -0.05) is 24.3 Å². The van der Waals surface area contributed by atoms with Crippen LogP contribution in [-0.4, -0.2) is 22.6 Å². The van der Waals surface area contributed by atoms with Crippen molar-refractivity contribution in [2.45, 2.75) is 37.5 Å². The van der Waals surface area contributed by atoms with Crippen molar-refractivity contribution in [3.63, 3.8) is 0 Å². The van der Waals surface area contributed by atoms with Crippen LogP contribution in [-0.2, 0) is 6.42 Å². The van der Waals surface area contributed by atoms with E-state index in [0.717, 1.165) is 30.7 Å². The first-order valence-electron chi connectivity index (χ1n) is 7.39. The highest BCUT2D eigenvalue weighted by Crippen LogP contribution is 2.42. The van der Waals surface area contributed by atoms with Crippen molar-refractivity contribution in [3.05, 3.63) is 59.5 Å². The SMILES string of the molecule is OC1c2ccccc2CC1N1CCCC1c1ccco1. The van der Waals surface area contributed by atoms with Crippen molar-refractivity contribution in [3.8, 4) is 0 Å². The summed E-state index contributed by atoms with van der Waals surface area (Å²) >= 11 is 0. The van der Waals surface area contributed by atoms with E-state index in [9.17, 15) is 5.11 Å². The van der Waals surface area contributed by atoms with Crippen molar-refractivity contribution in [2.24, 2.45) is 0 Å². The van der Waals surface area contributed by atoms with Crippen molar-refractivity contribution in [1.29, 1.82) is 0 Å². The summed E-state index contributed by atoms with van der Waals surface area (Å²) in [6.07, 6.45) is 4.60. The van der Waals surface area contributed by atoms with Gasteiger partial charge in [-0.3, -0.25) is 4.90 Å². The molecule has 1 N–H and O–H groups in total. The number of fused-ring (bicyclic) bond motifs is 1. The number of nitrogens with zero attached hydrogens (tertiary/aromatic N) is 1. The molecule has 1 aromatic carbocycles. The Kier molecular flexibility index (Phi) is 2.90. The van der Waals surface area contributed by atoms with Gasteiger partial charge >= 0.3 is 0 Å². The molecular weight excluding hydrogens is 250 g/mol. The number of hydrogen-bond donors (Lipinski definition) is 1. The van der Waals surface area contributed by atoms with E-state index < -0.39 is 0 Å². The highest BCUT2D eigenvalue weighted by atomic mass is 16.3. The second-order valence-corrected chi connectivity index (χ2v) is 5.83. The summed E-state index contributed by atoms with van der Waals surface area (Å²) in [5.41, 5.74) is 2.39. The number of aliphatic hydroxyl groups excluding tert-OH is 1. The summed E-state index contributed by atoms with van der Waals surface area (Å²) in [5.74, 6) is 1.03. The molecule has 20 heavy (non-hydrogen) atoms. The summed E-state index contributed by atoms with van der Waals surface area (Å²) in [5, 5.41) is 10.6. The van der Waals surface area contributed by atoms with Crippen LogP contribution in [0.3, 0.4) is 0 Å². The average Bonchev–Trinajstić information content (AvgIpc) is 3.17. The van der Waals surface area contributed by atoms with Crippen molar-refractivity contribution in [2.75, 3.05) is 6.54 Å². The molecule has 0 bridgehead atoms. The number of rotatable bonds is 2. The van der Waals surface area contributed by atoms with Crippen LogP contribution in [0.2, 0.25) is 0 Å². The van der Waals surface area contributed by atoms with E-state index in [1.54, 1.807) is 6.26 Å². The lowest BCUT2D eigenvalue weighted by Crippen LogP contribution is -2.37. The average molecular weight is 269 g/mol. The zero-order valence-electron chi connectivity index (χ0n) is 11.4. The van der Waals surface area contributed by atoms with Gasteiger partial charge < -0.3 is 9.52 Å². The summed E-state index contributed by atoms with van der Waals surface area (Å²) in [6.45, 7) is 1.04. The first kappa shape index (κ1) is 12.2. The van der Waals surface area contributed by atoms with Gasteiger partial charge in [0.2, 0.25) is 0 Å². The number of hydrogen-bond acceptors (Lipinski definition) is 3. The minimum Gasteiger partial charge on any atom is -0.468 e. The van der Waals surface area contributed by atoms with Crippen LogP contribution in [0.15, 0.2) is 47.1 Å². The fourth-order valence-corrected chi connectivity index (χ4v) is 3.82. The van der Waals surface area contributed by atoms with E-state index in [-0.39, 0.29) is 12.1 Å². The molecule has 1 aliphatic carbocycles. The van der Waals surface area contributed by atoms with E-state index in [0.29, 0.717) is 6.04 Å². The normalized spacial score (nSPS) is 29.8. The maximum atomic E-state index is 10.6. The third-order valence-electron chi connectivity index (χ3n) is 4.76. The predicted molar refractivity (Wildman–Crippen MR) is 76.3 cm³/mol. The quantitative estimate of drug-likeness (QED) is 0.910. The van der Waals surface area contributed by atoms with Crippen LogP contribution in [0, 0.1) is 0 Å². The predicted octanol–water partition coefficient (Wildman–Crippen LogP) is 3.07. The van der Waals surface area contributed by atoms with E-state index in [4.69, 9.17) is 4.42 Å². The van der Waals surface area contributed by atoms with Gasteiger partial charge in [0.15, 0.2) is 0 Å². The van der Waals surface area contributed by atoms with Crippen molar-refractivity contribution in [1.82, 2.24) is 4.90 Å². The molecule has 1 aromatic heterocycles. The lowest BCUT2D eigenvalue weighted by molar-refractivity contribution is 0.0477. The molecule has 3 atom stereocenters. The summed E-state index contributed by atoms with van der Waals surface area (Å²) in [7, 11) is 0. The number of furan rings is 1. The Labute approximate surface area is 118 Å².